The van der Waals surface area contributed by atoms with E-state index in [1.54, 1.807) is 0 Å². The minimum Gasteiger partial charge on any atom is -0.352 e. The molecule has 2 atom stereocenters. The van der Waals surface area contributed by atoms with Crippen LogP contribution in [0, 0.1) is 17.8 Å². The third kappa shape index (κ3) is 4.79. The Kier molecular flexibility index (Phi) is 5.26. The second kappa shape index (κ2) is 6.74. The van der Waals surface area contributed by atoms with E-state index in [4.69, 9.17) is 0 Å². The van der Waals surface area contributed by atoms with Crippen LogP contribution in [0.15, 0.2) is 0 Å². The molecule has 1 heterocycles. The molecule has 1 saturated heterocycles. The average Bonchev–Trinajstić information content (AvgIpc) is 2.30. The SMILES string of the molecule is CC1CCC(NC(=O)CN2CC(C)CC(C)C2)CC1. The number of carbonyl (C=O) groups is 1. The maximum Gasteiger partial charge on any atom is 0.234 e. The number of piperidine rings is 1. The van der Waals surface area contributed by atoms with E-state index >= 15 is 0 Å². The first-order valence-electron chi connectivity index (χ1n) is 8.04. The van der Waals surface area contributed by atoms with Gasteiger partial charge in [0, 0.05) is 19.1 Å². The third-order valence-electron chi connectivity index (χ3n) is 4.69. The number of hydrogen-bond acceptors (Lipinski definition) is 2. The van der Waals surface area contributed by atoms with Crippen molar-refractivity contribution in [3.63, 3.8) is 0 Å². The van der Waals surface area contributed by atoms with E-state index in [1.807, 2.05) is 0 Å². The number of rotatable bonds is 3. The highest BCUT2D eigenvalue weighted by Gasteiger charge is 2.25. The number of likely N-dealkylation sites (tertiary alicyclic amines) is 1. The Labute approximate surface area is 118 Å². The fraction of sp³-hybridized carbons (Fsp3) is 0.938. The second-order valence-electron chi connectivity index (χ2n) is 7.16. The van der Waals surface area contributed by atoms with Crippen LogP contribution in [0.3, 0.4) is 0 Å². The van der Waals surface area contributed by atoms with Crippen LogP contribution in [0.1, 0.15) is 52.9 Å². The molecule has 1 amide bonds. The van der Waals surface area contributed by atoms with Crippen molar-refractivity contribution in [2.45, 2.75) is 58.9 Å². The molecule has 0 radical (unpaired) electrons. The number of nitrogens with zero attached hydrogens (tertiary/aromatic N) is 1. The van der Waals surface area contributed by atoms with E-state index in [2.05, 4.69) is 31.0 Å². The molecule has 3 heteroatoms. The summed E-state index contributed by atoms with van der Waals surface area (Å²) in [6, 6.07) is 0.434. The van der Waals surface area contributed by atoms with Gasteiger partial charge in [0.2, 0.25) is 5.91 Å². The smallest absolute Gasteiger partial charge is 0.234 e. The lowest BCUT2D eigenvalue weighted by Crippen LogP contribution is -2.47. The standard InChI is InChI=1S/C16H30N2O/c1-12-4-6-15(7-5-12)17-16(19)11-18-9-13(2)8-14(3)10-18/h12-15H,4-11H2,1-3H3,(H,17,19). The maximum absolute atomic E-state index is 12.1. The van der Waals surface area contributed by atoms with Crippen LogP contribution in [-0.4, -0.2) is 36.5 Å². The lowest BCUT2D eigenvalue weighted by molar-refractivity contribution is -0.123. The summed E-state index contributed by atoms with van der Waals surface area (Å²) in [6.07, 6.45) is 6.17. The lowest BCUT2D eigenvalue weighted by atomic mass is 9.87. The van der Waals surface area contributed by atoms with Crippen molar-refractivity contribution in [2.75, 3.05) is 19.6 Å². The van der Waals surface area contributed by atoms with Gasteiger partial charge in [0.1, 0.15) is 0 Å². The van der Waals surface area contributed by atoms with Crippen molar-refractivity contribution in [1.29, 1.82) is 0 Å². The molecular weight excluding hydrogens is 236 g/mol. The van der Waals surface area contributed by atoms with Crippen LogP contribution in [0.4, 0.5) is 0 Å². The van der Waals surface area contributed by atoms with Crippen LogP contribution in [-0.2, 0) is 4.79 Å². The summed E-state index contributed by atoms with van der Waals surface area (Å²) in [5, 5.41) is 3.24. The van der Waals surface area contributed by atoms with Gasteiger partial charge in [-0.1, -0.05) is 20.8 Å². The number of nitrogens with one attached hydrogen (secondary N) is 1. The Morgan fingerprint density at radius 1 is 1.00 bits per heavy atom. The summed E-state index contributed by atoms with van der Waals surface area (Å²) >= 11 is 0. The number of carbonyl (C=O) groups excluding carboxylic acids is 1. The first-order chi connectivity index (χ1) is 9.02. The van der Waals surface area contributed by atoms with Gasteiger partial charge in [-0.25, -0.2) is 0 Å². The Hall–Kier alpha value is -0.570. The van der Waals surface area contributed by atoms with E-state index in [-0.39, 0.29) is 5.91 Å². The van der Waals surface area contributed by atoms with Gasteiger partial charge in [0.25, 0.3) is 0 Å². The average molecular weight is 266 g/mol. The fourth-order valence-electron chi connectivity index (χ4n) is 3.80. The summed E-state index contributed by atoms with van der Waals surface area (Å²) in [5.74, 6) is 2.54. The van der Waals surface area contributed by atoms with Crippen LogP contribution in [0.5, 0.6) is 0 Å². The Morgan fingerprint density at radius 2 is 1.58 bits per heavy atom. The third-order valence-corrected chi connectivity index (χ3v) is 4.69. The summed E-state index contributed by atoms with van der Waals surface area (Å²) in [6.45, 7) is 9.67. The van der Waals surface area contributed by atoms with Crippen LogP contribution >= 0.6 is 0 Å². The highest BCUT2D eigenvalue weighted by molar-refractivity contribution is 5.78. The van der Waals surface area contributed by atoms with Crippen molar-refractivity contribution in [1.82, 2.24) is 10.2 Å². The van der Waals surface area contributed by atoms with Gasteiger partial charge in [-0.15, -0.1) is 0 Å². The zero-order valence-corrected chi connectivity index (χ0v) is 12.8. The van der Waals surface area contributed by atoms with E-state index in [0.717, 1.165) is 30.8 Å². The van der Waals surface area contributed by atoms with Gasteiger partial charge < -0.3 is 5.32 Å². The van der Waals surface area contributed by atoms with Crippen molar-refractivity contribution >= 4 is 5.91 Å². The van der Waals surface area contributed by atoms with Gasteiger partial charge in [-0.3, -0.25) is 9.69 Å². The summed E-state index contributed by atoms with van der Waals surface area (Å²) in [4.78, 5) is 14.5. The summed E-state index contributed by atoms with van der Waals surface area (Å²) < 4.78 is 0. The van der Waals surface area contributed by atoms with E-state index < -0.39 is 0 Å². The van der Waals surface area contributed by atoms with Crippen molar-refractivity contribution in [2.24, 2.45) is 17.8 Å². The molecule has 2 aliphatic rings. The van der Waals surface area contributed by atoms with Crippen LogP contribution in [0.2, 0.25) is 0 Å². The topological polar surface area (TPSA) is 32.3 Å². The molecule has 2 unspecified atom stereocenters. The highest BCUT2D eigenvalue weighted by atomic mass is 16.2. The van der Waals surface area contributed by atoms with Crippen molar-refractivity contribution in [3.8, 4) is 0 Å². The van der Waals surface area contributed by atoms with Crippen molar-refractivity contribution < 1.29 is 4.79 Å². The maximum atomic E-state index is 12.1. The first kappa shape index (κ1) is 14.8. The Bertz CT molecular complexity index is 287. The normalized spacial score (nSPS) is 37.0. The molecule has 0 aromatic rings. The molecule has 1 aliphatic heterocycles. The van der Waals surface area contributed by atoms with E-state index in [1.165, 1.54) is 32.1 Å². The summed E-state index contributed by atoms with van der Waals surface area (Å²) in [5.41, 5.74) is 0. The molecule has 1 N–H and O–H groups in total. The first-order valence-corrected chi connectivity index (χ1v) is 8.04. The zero-order chi connectivity index (χ0) is 13.8. The molecule has 1 aliphatic carbocycles. The molecule has 19 heavy (non-hydrogen) atoms. The van der Waals surface area contributed by atoms with Gasteiger partial charge in [-0.05, 0) is 49.9 Å². The number of amides is 1. The quantitative estimate of drug-likeness (QED) is 0.852. The minimum atomic E-state index is 0.237. The highest BCUT2D eigenvalue weighted by Crippen LogP contribution is 2.24. The molecule has 0 aromatic heterocycles. The van der Waals surface area contributed by atoms with Crippen LogP contribution < -0.4 is 5.32 Å². The molecule has 0 bridgehead atoms. The molecule has 0 aromatic carbocycles. The Morgan fingerprint density at radius 3 is 2.16 bits per heavy atom. The largest absolute Gasteiger partial charge is 0.352 e. The molecule has 1 saturated carbocycles. The van der Waals surface area contributed by atoms with Gasteiger partial charge in [0.15, 0.2) is 0 Å². The minimum absolute atomic E-state index is 0.237. The van der Waals surface area contributed by atoms with Crippen molar-refractivity contribution in [3.05, 3.63) is 0 Å². The molecule has 110 valence electrons. The summed E-state index contributed by atoms with van der Waals surface area (Å²) in [7, 11) is 0. The molecule has 0 spiro atoms. The lowest BCUT2D eigenvalue weighted by Gasteiger charge is -2.35. The van der Waals surface area contributed by atoms with E-state index in [9.17, 15) is 4.79 Å². The molecular formula is C16H30N2O. The zero-order valence-electron chi connectivity index (χ0n) is 12.8. The molecule has 2 fully saturated rings. The predicted molar refractivity (Wildman–Crippen MR) is 78.9 cm³/mol. The Balaban J connectivity index is 1.72. The monoisotopic (exact) mass is 266 g/mol. The number of hydrogen-bond donors (Lipinski definition) is 1. The predicted octanol–water partition coefficient (Wildman–Crippen LogP) is 2.66. The fourth-order valence-corrected chi connectivity index (χ4v) is 3.80. The molecule has 2 rings (SSSR count). The van der Waals surface area contributed by atoms with Gasteiger partial charge in [0.05, 0.1) is 6.54 Å². The van der Waals surface area contributed by atoms with Gasteiger partial charge in [-0.2, -0.15) is 0 Å². The van der Waals surface area contributed by atoms with Crippen LogP contribution in [0.25, 0.3) is 0 Å². The molecule has 3 nitrogen and oxygen atoms in total. The van der Waals surface area contributed by atoms with Gasteiger partial charge >= 0.3 is 0 Å². The second-order valence-corrected chi connectivity index (χ2v) is 7.16. The van der Waals surface area contributed by atoms with E-state index in [0.29, 0.717) is 12.6 Å².